The molecule has 0 bridgehead atoms. The van der Waals surface area contributed by atoms with Crippen LogP contribution in [-0.2, 0) is 19.6 Å². The van der Waals surface area contributed by atoms with Gasteiger partial charge in [0, 0.05) is 37.2 Å². The molecule has 3 aromatic heterocycles. The van der Waals surface area contributed by atoms with Crippen LogP contribution >= 0.6 is 0 Å². The van der Waals surface area contributed by atoms with Gasteiger partial charge in [0.15, 0.2) is 0 Å². The summed E-state index contributed by atoms with van der Waals surface area (Å²) in [6.45, 7) is 0.468. The minimum absolute atomic E-state index is 0.156. The van der Waals surface area contributed by atoms with Gasteiger partial charge in [-0.2, -0.15) is 15.3 Å². The lowest BCUT2D eigenvalue weighted by molar-refractivity contribution is 0.392. The lowest BCUT2D eigenvalue weighted by atomic mass is 9.99. The summed E-state index contributed by atoms with van der Waals surface area (Å²) in [6.07, 6.45) is 10.0. The molecule has 0 aliphatic rings. The summed E-state index contributed by atoms with van der Waals surface area (Å²) in [5, 5.41) is 44.7. The first-order chi connectivity index (χ1) is 13.1. The molecule has 0 saturated carbocycles. The largest absolute Gasteiger partial charge is 0.507 e. The third kappa shape index (κ3) is 3.22. The summed E-state index contributed by atoms with van der Waals surface area (Å²) in [6, 6.07) is 5.26. The minimum atomic E-state index is -0.180. The van der Waals surface area contributed by atoms with E-state index in [1.807, 2.05) is 0 Å². The zero-order valence-corrected chi connectivity index (χ0v) is 14.3. The smallest absolute Gasteiger partial charge is 0.133 e. The second kappa shape index (κ2) is 6.87. The SMILES string of the molecule is Oc1c(Cn2cccn2)c(O)c(Cn2cccn2)c(O)c1Cn1cccn1. The Bertz CT molecular complexity index is 869. The zero-order valence-electron chi connectivity index (χ0n) is 14.3. The maximum atomic E-state index is 10.8. The van der Waals surface area contributed by atoms with Gasteiger partial charge < -0.3 is 15.3 Å². The van der Waals surface area contributed by atoms with Crippen molar-refractivity contribution in [3.05, 3.63) is 72.1 Å². The van der Waals surface area contributed by atoms with Crippen LogP contribution in [0.2, 0.25) is 0 Å². The molecule has 0 amide bonds. The van der Waals surface area contributed by atoms with Crippen LogP contribution in [0.5, 0.6) is 17.2 Å². The van der Waals surface area contributed by atoms with Crippen molar-refractivity contribution in [1.82, 2.24) is 29.3 Å². The first-order valence-corrected chi connectivity index (χ1v) is 8.33. The van der Waals surface area contributed by atoms with E-state index in [1.54, 1.807) is 69.4 Å². The van der Waals surface area contributed by atoms with Crippen molar-refractivity contribution >= 4 is 0 Å². The van der Waals surface area contributed by atoms with Crippen LogP contribution in [0.4, 0.5) is 0 Å². The topological polar surface area (TPSA) is 114 Å². The molecule has 0 saturated heterocycles. The Morgan fingerprint density at radius 3 is 1.07 bits per heavy atom. The Kier molecular flexibility index (Phi) is 4.25. The molecule has 4 aromatic rings. The number of hydrogen-bond acceptors (Lipinski definition) is 6. The standard InChI is InChI=1S/C18H18N6O3/c25-16-13(10-22-7-1-4-19-22)17(26)15(12-24-9-3-6-21-24)18(27)14(16)11-23-8-2-5-20-23/h1-9,25-27H,10-12H2. The van der Waals surface area contributed by atoms with Gasteiger partial charge in [0.1, 0.15) is 17.2 Å². The molecule has 3 heterocycles. The van der Waals surface area contributed by atoms with Crippen LogP contribution in [0.3, 0.4) is 0 Å². The predicted molar refractivity (Wildman–Crippen MR) is 95.4 cm³/mol. The molecule has 138 valence electrons. The van der Waals surface area contributed by atoms with Crippen molar-refractivity contribution < 1.29 is 15.3 Å². The number of hydrogen-bond donors (Lipinski definition) is 3. The number of phenols is 3. The average Bonchev–Trinajstić information content (AvgIpc) is 3.43. The fourth-order valence-electron chi connectivity index (χ4n) is 3.00. The number of rotatable bonds is 6. The summed E-state index contributed by atoms with van der Waals surface area (Å²) in [5.41, 5.74) is 0.836. The van der Waals surface area contributed by atoms with E-state index in [4.69, 9.17) is 0 Å². The predicted octanol–water partition coefficient (Wildman–Crippen LogP) is 1.54. The minimum Gasteiger partial charge on any atom is -0.507 e. The van der Waals surface area contributed by atoms with Crippen LogP contribution in [0.25, 0.3) is 0 Å². The molecule has 0 unspecified atom stereocenters. The van der Waals surface area contributed by atoms with Crippen LogP contribution in [0.1, 0.15) is 16.7 Å². The molecule has 0 aliphatic carbocycles. The highest BCUT2D eigenvalue weighted by Gasteiger charge is 2.24. The second-order valence-electron chi connectivity index (χ2n) is 6.09. The van der Waals surface area contributed by atoms with E-state index in [0.717, 1.165) is 0 Å². The molecule has 9 heteroatoms. The monoisotopic (exact) mass is 366 g/mol. The quantitative estimate of drug-likeness (QED) is 0.477. The van der Waals surface area contributed by atoms with Crippen molar-refractivity contribution in [3.63, 3.8) is 0 Å². The molecule has 3 N–H and O–H groups in total. The molecular formula is C18H18N6O3. The first-order valence-electron chi connectivity index (χ1n) is 8.33. The highest BCUT2D eigenvalue weighted by atomic mass is 16.3. The lowest BCUT2D eigenvalue weighted by Gasteiger charge is -2.19. The van der Waals surface area contributed by atoms with Gasteiger partial charge in [0.2, 0.25) is 0 Å². The van der Waals surface area contributed by atoms with E-state index in [9.17, 15) is 15.3 Å². The van der Waals surface area contributed by atoms with E-state index in [0.29, 0.717) is 0 Å². The fraction of sp³-hybridized carbons (Fsp3) is 0.167. The van der Waals surface area contributed by atoms with Gasteiger partial charge in [-0.1, -0.05) is 0 Å². The molecule has 0 radical (unpaired) electrons. The van der Waals surface area contributed by atoms with Gasteiger partial charge in [0.25, 0.3) is 0 Å². The van der Waals surface area contributed by atoms with Crippen molar-refractivity contribution in [2.75, 3.05) is 0 Å². The molecule has 4 rings (SSSR count). The average molecular weight is 366 g/mol. The molecule has 0 spiro atoms. The van der Waals surface area contributed by atoms with Crippen LogP contribution in [0.15, 0.2) is 55.4 Å². The third-order valence-corrected chi connectivity index (χ3v) is 4.35. The molecular weight excluding hydrogens is 348 g/mol. The van der Waals surface area contributed by atoms with E-state index in [-0.39, 0.29) is 53.6 Å². The zero-order chi connectivity index (χ0) is 18.8. The van der Waals surface area contributed by atoms with Crippen molar-refractivity contribution in [1.29, 1.82) is 0 Å². The first kappa shape index (κ1) is 16.7. The number of aromatic hydroxyl groups is 3. The van der Waals surface area contributed by atoms with E-state index in [2.05, 4.69) is 15.3 Å². The van der Waals surface area contributed by atoms with Crippen molar-refractivity contribution in [2.24, 2.45) is 0 Å². The number of nitrogens with zero attached hydrogens (tertiary/aromatic N) is 6. The van der Waals surface area contributed by atoms with E-state index < -0.39 is 0 Å². The fourth-order valence-corrected chi connectivity index (χ4v) is 3.00. The Hall–Kier alpha value is -3.75. The van der Waals surface area contributed by atoms with E-state index >= 15 is 0 Å². The van der Waals surface area contributed by atoms with Crippen LogP contribution < -0.4 is 0 Å². The molecule has 27 heavy (non-hydrogen) atoms. The number of benzene rings is 1. The number of phenolic OH excluding ortho intramolecular Hbond substituents is 3. The van der Waals surface area contributed by atoms with Crippen molar-refractivity contribution in [2.45, 2.75) is 19.6 Å². The summed E-state index contributed by atoms with van der Waals surface area (Å²) < 4.78 is 4.75. The van der Waals surface area contributed by atoms with Gasteiger partial charge in [-0.15, -0.1) is 0 Å². The summed E-state index contributed by atoms with van der Waals surface area (Å²) in [4.78, 5) is 0. The molecule has 0 fully saturated rings. The third-order valence-electron chi connectivity index (χ3n) is 4.35. The maximum absolute atomic E-state index is 10.8. The molecule has 0 aliphatic heterocycles. The second-order valence-corrected chi connectivity index (χ2v) is 6.09. The van der Waals surface area contributed by atoms with Gasteiger partial charge in [-0.25, -0.2) is 0 Å². The number of aromatic nitrogens is 6. The lowest BCUT2D eigenvalue weighted by Crippen LogP contribution is -2.09. The van der Waals surface area contributed by atoms with Crippen LogP contribution in [-0.4, -0.2) is 44.7 Å². The Morgan fingerprint density at radius 2 is 0.852 bits per heavy atom. The Morgan fingerprint density at radius 1 is 0.556 bits per heavy atom. The van der Waals surface area contributed by atoms with Gasteiger partial charge >= 0.3 is 0 Å². The van der Waals surface area contributed by atoms with Gasteiger partial charge in [-0.3, -0.25) is 14.0 Å². The normalized spacial score (nSPS) is 11.1. The molecule has 1 aromatic carbocycles. The highest BCUT2D eigenvalue weighted by Crippen LogP contribution is 2.43. The summed E-state index contributed by atoms with van der Waals surface area (Å²) >= 11 is 0. The summed E-state index contributed by atoms with van der Waals surface area (Å²) in [5.74, 6) is -0.541. The summed E-state index contributed by atoms with van der Waals surface area (Å²) in [7, 11) is 0. The van der Waals surface area contributed by atoms with Gasteiger partial charge in [-0.05, 0) is 18.2 Å². The highest BCUT2D eigenvalue weighted by molar-refractivity contribution is 5.61. The van der Waals surface area contributed by atoms with E-state index in [1.165, 1.54) is 0 Å². The Labute approximate surface area is 154 Å². The maximum Gasteiger partial charge on any atom is 0.133 e. The van der Waals surface area contributed by atoms with Gasteiger partial charge in [0.05, 0.1) is 36.3 Å². The molecule has 9 nitrogen and oxygen atoms in total. The van der Waals surface area contributed by atoms with Crippen LogP contribution in [0, 0.1) is 0 Å². The van der Waals surface area contributed by atoms with Crippen molar-refractivity contribution in [3.8, 4) is 17.2 Å². The Balaban J connectivity index is 1.83. The molecule has 0 atom stereocenters.